The van der Waals surface area contributed by atoms with Gasteiger partial charge in [-0.1, -0.05) is 25.1 Å². The van der Waals surface area contributed by atoms with Gasteiger partial charge in [-0.15, -0.1) is 11.3 Å². The van der Waals surface area contributed by atoms with Gasteiger partial charge in [0.25, 0.3) is 11.8 Å². The summed E-state index contributed by atoms with van der Waals surface area (Å²) in [6.07, 6.45) is 6.61. The van der Waals surface area contributed by atoms with E-state index in [2.05, 4.69) is 10.6 Å². The molecule has 6 nitrogen and oxygen atoms in total. The Hall–Kier alpha value is -3.54. The number of hydrogen-bond acceptors (Lipinski definition) is 5. The maximum absolute atomic E-state index is 13.7. The molecule has 1 saturated heterocycles. The highest BCUT2D eigenvalue weighted by atomic mass is 32.1. The van der Waals surface area contributed by atoms with Gasteiger partial charge in [0.2, 0.25) is 0 Å². The SMILES string of the molecule is CCCN1C(=O)/C(=C/c2cc(C)n(-c3sc4c(c3C#N)CCCC4)c2C)C(=O)N(c2ccccc2)C1=S. The predicted molar refractivity (Wildman–Crippen MR) is 151 cm³/mol. The summed E-state index contributed by atoms with van der Waals surface area (Å²) in [5.41, 5.74) is 5.27. The van der Waals surface area contributed by atoms with Gasteiger partial charge in [-0.2, -0.15) is 5.26 Å². The molecule has 0 saturated carbocycles. The zero-order chi connectivity index (χ0) is 26.3. The van der Waals surface area contributed by atoms with E-state index >= 15 is 0 Å². The van der Waals surface area contributed by atoms with E-state index < -0.39 is 5.91 Å². The topological polar surface area (TPSA) is 69.3 Å². The molecule has 188 valence electrons. The first-order valence-electron chi connectivity index (χ1n) is 12.6. The van der Waals surface area contributed by atoms with E-state index in [9.17, 15) is 14.9 Å². The number of amides is 2. The van der Waals surface area contributed by atoms with E-state index in [4.69, 9.17) is 12.2 Å². The lowest BCUT2D eigenvalue weighted by Gasteiger charge is -2.36. The van der Waals surface area contributed by atoms with E-state index in [1.165, 1.54) is 20.2 Å². The summed E-state index contributed by atoms with van der Waals surface area (Å²) in [6, 6.07) is 13.6. The van der Waals surface area contributed by atoms with Crippen LogP contribution in [0.4, 0.5) is 5.69 Å². The van der Waals surface area contributed by atoms with Gasteiger partial charge in [0.15, 0.2) is 5.11 Å². The molecule has 3 aromatic rings. The second-order valence-electron chi connectivity index (χ2n) is 9.44. The standard InChI is InChI=1S/C29H28N4O2S2/c1-4-14-31-26(34)23(27(35)33(29(31)36)21-10-6-5-7-11-21)16-20-15-18(2)32(19(20)3)28-24(17-30)22-12-8-9-13-25(22)37-28/h5-7,10-11,15-16H,4,8-9,12-14H2,1-3H3/b23-16-. The Morgan fingerprint density at radius 2 is 1.84 bits per heavy atom. The van der Waals surface area contributed by atoms with Crippen molar-refractivity contribution in [2.24, 2.45) is 0 Å². The molecule has 1 aliphatic carbocycles. The van der Waals surface area contributed by atoms with E-state index in [0.29, 0.717) is 18.7 Å². The van der Waals surface area contributed by atoms with Crippen molar-refractivity contribution in [3.8, 4) is 11.1 Å². The average molecular weight is 529 g/mol. The molecule has 3 heterocycles. The molecular weight excluding hydrogens is 500 g/mol. The largest absolute Gasteiger partial charge is 0.308 e. The van der Waals surface area contributed by atoms with Crippen molar-refractivity contribution in [1.29, 1.82) is 5.26 Å². The summed E-state index contributed by atoms with van der Waals surface area (Å²) in [5.74, 6) is -0.805. The maximum atomic E-state index is 13.7. The Balaban J connectivity index is 1.62. The molecule has 1 aliphatic heterocycles. The summed E-state index contributed by atoms with van der Waals surface area (Å²) < 4.78 is 2.09. The quantitative estimate of drug-likeness (QED) is 0.236. The van der Waals surface area contributed by atoms with Crippen molar-refractivity contribution in [3.05, 3.63) is 74.9 Å². The third-order valence-electron chi connectivity index (χ3n) is 7.03. The van der Waals surface area contributed by atoms with Crippen LogP contribution in [0.1, 0.15) is 59.1 Å². The van der Waals surface area contributed by atoms with Crippen molar-refractivity contribution < 1.29 is 9.59 Å². The Kier molecular flexibility index (Phi) is 6.84. The van der Waals surface area contributed by atoms with Gasteiger partial charge in [-0.3, -0.25) is 19.4 Å². The Morgan fingerprint density at radius 3 is 2.54 bits per heavy atom. The number of nitrogens with zero attached hydrogens (tertiary/aromatic N) is 4. The summed E-state index contributed by atoms with van der Waals surface area (Å²) in [4.78, 5) is 31.4. The third-order valence-corrected chi connectivity index (χ3v) is 8.71. The van der Waals surface area contributed by atoms with Gasteiger partial charge < -0.3 is 4.57 Å². The summed E-state index contributed by atoms with van der Waals surface area (Å²) >= 11 is 7.29. The molecule has 0 atom stereocenters. The summed E-state index contributed by atoms with van der Waals surface area (Å²) in [5, 5.41) is 11.1. The number of aromatic nitrogens is 1. The summed E-state index contributed by atoms with van der Waals surface area (Å²) in [7, 11) is 0. The Morgan fingerprint density at radius 1 is 1.11 bits per heavy atom. The van der Waals surface area contributed by atoms with Crippen LogP contribution < -0.4 is 4.90 Å². The van der Waals surface area contributed by atoms with E-state index in [1.807, 2.05) is 57.2 Å². The van der Waals surface area contributed by atoms with Crippen molar-refractivity contribution in [2.75, 3.05) is 11.4 Å². The smallest absolute Gasteiger partial charge is 0.270 e. The second kappa shape index (κ2) is 10.1. The number of anilines is 1. The monoisotopic (exact) mass is 528 g/mol. The minimum Gasteiger partial charge on any atom is -0.308 e. The number of carbonyl (C=O) groups excluding carboxylic acids is 2. The number of carbonyl (C=O) groups is 2. The lowest BCUT2D eigenvalue weighted by atomic mass is 9.96. The average Bonchev–Trinajstić information content (AvgIpc) is 3.40. The fourth-order valence-electron chi connectivity index (χ4n) is 5.23. The van der Waals surface area contributed by atoms with Gasteiger partial charge in [0.1, 0.15) is 16.6 Å². The van der Waals surface area contributed by atoms with Gasteiger partial charge >= 0.3 is 0 Å². The van der Waals surface area contributed by atoms with Crippen LogP contribution in [0, 0.1) is 25.2 Å². The predicted octanol–water partition coefficient (Wildman–Crippen LogP) is 5.86. The lowest BCUT2D eigenvalue weighted by Crippen LogP contribution is -2.56. The van der Waals surface area contributed by atoms with Crippen LogP contribution in [0.3, 0.4) is 0 Å². The van der Waals surface area contributed by atoms with Gasteiger partial charge in [-0.25, -0.2) is 0 Å². The van der Waals surface area contributed by atoms with Crippen molar-refractivity contribution >= 4 is 52.2 Å². The maximum Gasteiger partial charge on any atom is 0.270 e. The lowest BCUT2D eigenvalue weighted by molar-refractivity contribution is -0.127. The number of thiophene rings is 1. The molecule has 2 aromatic heterocycles. The molecule has 0 unspecified atom stereocenters. The molecular formula is C29H28N4O2S2. The molecule has 5 rings (SSSR count). The van der Waals surface area contributed by atoms with Crippen molar-refractivity contribution in [3.63, 3.8) is 0 Å². The highest BCUT2D eigenvalue weighted by Crippen LogP contribution is 2.38. The fourth-order valence-corrected chi connectivity index (χ4v) is 7.04. The van der Waals surface area contributed by atoms with E-state index in [1.54, 1.807) is 17.4 Å². The zero-order valence-corrected chi connectivity index (χ0v) is 22.8. The second-order valence-corrected chi connectivity index (χ2v) is 10.9. The molecule has 0 spiro atoms. The zero-order valence-electron chi connectivity index (χ0n) is 21.2. The molecule has 2 amide bonds. The number of fused-ring (bicyclic) bond motifs is 1. The molecule has 0 N–H and O–H groups in total. The third kappa shape index (κ3) is 4.22. The highest BCUT2D eigenvalue weighted by molar-refractivity contribution is 7.80. The molecule has 8 heteroatoms. The molecule has 1 aromatic carbocycles. The molecule has 0 bridgehead atoms. The number of rotatable bonds is 5. The first-order chi connectivity index (χ1) is 17.9. The van der Waals surface area contributed by atoms with E-state index in [0.717, 1.165) is 53.2 Å². The van der Waals surface area contributed by atoms with Gasteiger partial charge in [0.05, 0.1) is 11.3 Å². The first-order valence-corrected chi connectivity index (χ1v) is 13.8. The number of thiocarbonyl (C=S) groups is 1. The molecule has 0 radical (unpaired) electrons. The molecule has 1 fully saturated rings. The van der Waals surface area contributed by atoms with E-state index in [-0.39, 0.29) is 16.6 Å². The van der Waals surface area contributed by atoms with Crippen LogP contribution in [0.2, 0.25) is 0 Å². The minimum absolute atomic E-state index is 0.0807. The molecule has 37 heavy (non-hydrogen) atoms. The molecule has 2 aliphatic rings. The van der Waals surface area contributed by atoms with Crippen molar-refractivity contribution in [1.82, 2.24) is 9.47 Å². The first kappa shape index (κ1) is 25.1. The van der Waals surface area contributed by atoms with Crippen LogP contribution >= 0.6 is 23.6 Å². The number of benzene rings is 1. The highest BCUT2D eigenvalue weighted by Gasteiger charge is 2.40. The van der Waals surface area contributed by atoms with Crippen LogP contribution in [-0.4, -0.2) is 32.9 Å². The Labute approximate surface area is 226 Å². The van der Waals surface area contributed by atoms with Gasteiger partial charge in [0, 0.05) is 22.8 Å². The van der Waals surface area contributed by atoms with Gasteiger partial charge in [-0.05, 0) is 93.6 Å². The normalized spacial score (nSPS) is 16.9. The van der Waals surface area contributed by atoms with Crippen LogP contribution in [0.15, 0.2) is 42.0 Å². The number of para-hydroxylation sites is 1. The number of hydrogen-bond donors (Lipinski definition) is 0. The fraction of sp³-hybridized carbons (Fsp3) is 0.310. The minimum atomic E-state index is -0.428. The van der Waals surface area contributed by atoms with Crippen LogP contribution in [-0.2, 0) is 22.4 Å². The number of aryl methyl sites for hydroxylation is 2. The number of nitriles is 1. The summed E-state index contributed by atoms with van der Waals surface area (Å²) in [6.45, 7) is 6.37. The van der Waals surface area contributed by atoms with Crippen LogP contribution in [0.25, 0.3) is 11.1 Å². The Bertz CT molecular complexity index is 1490. The van der Waals surface area contributed by atoms with Crippen LogP contribution in [0.5, 0.6) is 0 Å². The van der Waals surface area contributed by atoms with Crippen molar-refractivity contribution in [2.45, 2.75) is 52.9 Å².